The zero-order valence-corrected chi connectivity index (χ0v) is 12.9. The standard InChI is InChI=1S/C13H10Cl2N2O3S/c14-9-2-1-3-10(15)8(9)5-11(18)17-13-16-7(6-21-13)4-12(19)20/h1-3,6H,4-5H2,(H,19,20)(H,16,17,18). The van der Waals surface area contributed by atoms with E-state index in [-0.39, 0.29) is 18.7 Å². The maximum atomic E-state index is 11.9. The number of anilines is 1. The van der Waals surface area contributed by atoms with Crippen molar-refractivity contribution in [3.8, 4) is 0 Å². The largest absolute Gasteiger partial charge is 0.481 e. The van der Waals surface area contributed by atoms with E-state index in [1.807, 2.05) is 0 Å². The SMILES string of the molecule is O=C(O)Cc1csc(NC(=O)Cc2c(Cl)cccc2Cl)n1. The van der Waals surface area contributed by atoms with Crippen molar-refractivity contribution in [2.24, 2.45) is 0 Å². The summed E-state index contributed by atoms with van der Waals surface area (Å²) >= 11 is 13.2. The van der Waals surface area contributed by atoms with Crippen LogP contribution < -0.4 is 5.32 Å². The molecule has 0 atom stereocenters. The molecule has 2 rings (SSSR count). The van der Waals surface area contributed by atoms with Crippen LogP contribution >= 0.6 is 34.5 Å². The molecule has 0 spiro atoms. The smallest absolute Gasteiger partial charge is 0.309 e. The number of carboxylic acids is 1. The van der Waals surface area contributed by atoms with E-state index >= 15 is 0 Å². The van der Waals surface area contributed by atoms with E-state index in [1.54, 1.807) is 23.6 Å². The Labute approximate surface area is 134 Å². The summed E-state index contributed by atoms with van der Waals surface area (Å²) in [5.41, 5.74) is 0.944. The lowest BCUT2D eigenvalue weighted by Gasteiger charge is -2.06. The topological polar surface area (TPSA) is 79.3 Å². The maximum Gasteiger partial charge on any atom is 0.309 e. The first kappa shape index (κ1) is 15.8. The Morgan fingerprint density at radius 3 is 2.52 bits per heavy atom. The van der Waals surface area contributed by atoms with E-state index in [0.29, 0.717) is 26.4 Å². The molecule has 0 unspecified atom stereocenters. The van der Waals surface area contributed by atoms with Crippen LogP contribution in [0.25, 0.3) is 0 Å². The van der Waals surface area contributed by atoms with E-state index in [9.17, 15) is 9.59 Å². The average Bonchev–Trinajstić information content (AvgIpc) is 2.80. The third-order valence-electron chi connectivity index (χ3n) is 2.53. The molecule has 0 bridgehead atoms. The molecule has 1 amide bonds. The molecule has 110 valence electrons. The van der Waals surface area contributed by atoms with E-state index in [0.717, 1.165) is 0 Å². The quantitative estimate of drug-likeness (QED) is 0.872. The van der Waals surface area contributed by atoms with Gasteiger partial charge in [-0.1, -0.05) is 29.3 Å². The molecule has 1 aromatic carbocycles. The molecule has 0 radical (unpaired) electrons. The third kappa shape index (κ3) is 4.42. The maximum absolute atomic E-state index is 11.9. The fraction of sp³-hybridized carbons (Fsp3) is 0.154. The van der Waals surface area contributed by atoms with Crippen molar-refractivity contribution in [1.82, 2.24) is 4.98 Å². The summed E-state index contributed by atoms with van der Waals surface area (Å²) in [6.45, 7) is 0. The lowest BCUT2D eigenvalue weighted by molar-refractivity contribution is -0.136. The van der Waals surface area contributed by atoms with Gasteiger partial charge in [0, 0.05) is 15.4 Å². The van der Waals surface area contributed by atoms with Crippen LogP contribution in [0, 0.1) is 0 Å². The highest BCUT2D eigenvalue weighted by atomic mass is 35.5. The summed E-state index contributed by atoms with van der Waals surface area (Å²) in [7, 11) is 0. The number of aromatic nitrogens is 1. The number of nitrogens with one attached hydrogen (secondary N) is 1. The van der Waals surface area contributed by atoms with Crippen LogP contribution in [0.5, 0.6) is 0 Å². The number of halogens is 2. The molecular formula is C13H10Cl2N2O3S. The Kier molecular flexibility index (Phi) is 5.17. The summed E-state index contributed by atoms with van der Waals surface area (Å²) in [5, 5.41) is 14.0. The second-order valence-electron chi connectivity index (χ2n) is 4.14. The molecule has 21 heavy (non-hydrogen) atoms. The molecule has 1 heterocycles. The van der Waals surface area contributed by atoms with Crippen molar-refractivity contribution < 1.29 is 14.7 Å². The van der Waals surface area contributed by atoms with Crippen LogP contribution in [0.4, 0.5) is 5.13 Å². The van der Waals surface area contributed by atoms with Gasteiger partial charge in [0.05, 0.1) is 18.5 Å². The zero-order valence-electron chi connectivity index (χ0n) is 10.6. The van der Waals surface area contributed by atoms with Crippen molar-refractivity contribution in [2.75, 3.05) is 5.32 Å². The van der Waals surface area contributed by atoms with Gasteiger partial charge in [0.15, 0.2) is 5.13 Å². The number of amides is 1. The fourth-order valence-corrected chi connectivity index (χ4v) is 2.88. The molecule has 5 nitrogen and oxygen atoms in total. The lowest BCUT2D eigenvalue weighted by atomic mass is 10.1. The molecule has 1 aromatic heterocycles. The highest BCUT2D eigenvalue weighted by Crippen LogP contribution is 2.25. The molecule has 0 aliphatic carbocycles. The molecule has 0 aliphatic heterocycles. The number of carboxylic acid groups (broad SMARTS) is 1. The van der Waals surface area contributed by atoms with Gasteiger partial charge >= 0.3 is 5.97 Å². The van der Waals surface area contributed by atoms with E-state index < -0.39 is 5.97 Å². The van der Waals surface area contributed by atoms with Gasteiger partial charge in [-0.05, 0) is 17.7 Å². The Bertz CT molecular complexity index is 668. The second-order valence-corrected chi connectivity index (χ2v) is 5.81. The molecule has 0 saturated carbocycles. The van der Waals surface area contributed by atoms with Gasteiger partial charge in [0.25, 0.3) is 0 Å². The zero-order chi connectivity index (χ0) is 15.4. The van der Waals surface area contributed by atoms with Crippen LogP contribution in [0.1, 0.15) is 11.3 Å². The molecule has 8 heteroatoms. The minimum atomic E-state index is -0.971. The van der Waals surface area contributed by atoms with Crippen molar-refractivity contribution in [2.45, 2.75) is 12.8 Å². The fourth-order valence-electron chi connectivity index (χ4n) is 1.63. The van der Waals surface area contributed by atoms with Crippen LogP contribution in [0.15, 0.2) is 23.6 Å². The van der Waals surface area contributed by atoms with E-state index in [1.165, 1.54) is 11.3 Å². The van der Waals surface area contributed by atoms with Crippen molar-refractivity contribution in [3.05, 3.63) is 44.9 Å². The molecule has 2 N–H and O–H groups in total. The Hall–Kier alpha value is -1.63. The van der Waals surface area contributed by atoms with E-state index in [4.69, 9.17) is 28.3 Å². The number of rotatable bonds is 5. The molecule has 0 fully saturated rings. The Morgan fingerprint density at radius 2 is 1.90 bits per heavy atom. The predicted octanol–water partition coefficient (Wildman–Crippen LogP) is 3.26. The van der Waals surface area contributed by atoms with Gasteiger partial charge in [-0.3, -0.25) is 9.59 Å². The highest BCUT2D eigenvalue weighted by molar-refractivity contribution is 7.13. The predicted molar refractivity (Wildman–Crippen MR) is 82.2 cm³/mol. The molecular weight excluding hydrogens is 335 g/mol. The summed E-state index contributed by atoms with van der Waals surface area (Å²) in [5.74, 6) is -1.29. The van der Waals surface area contributed by atoms with Crippen LogP contribution in [-0.4, -0.2) is 22.0 Å². The number of hydrogen-bond acceptors (Lipinski definition) is 4. The van der Waals surface area contributed by atoms with Gasteiger partial charge in [-0.15, -0.1) is 11.3 Å². The minimum Gasteiger partial charge on any atom is -0.481 e. The van der Waals surface area contributed by atoms with Crippen LogP contribution in [0.2, 0.25) is 10.0 Å². The number of carbonyl (C=O) groups excluding carboxylic acids is 1. The first-order chi connectivity index (χ1) is 9.95. The van der Waals surface area contributed by atoms with E-state index in [2.05, 4.69) is 10.3 Å². The van der Waals surface area contributed by atoms with Gasteiger partial charge in [-0.25, -0.2) is 4.98 Å². The first-order valence-corrected chi connectivity index (χ1v) is 7.48. The summed E-state index contributed by atoms with van der Waals surface area (Å²) in [6.07, 6.45) is -0.158. The molecule has 0 aliphatic rings. The Balaban J connectivity index is 2.02. The first-order valence-electron chi connectivity index (χ1n) is 5.84. The summed E-state index contributed by atoms with van der Waals surface area (Å²) in [4.78, 5) is 26.5. The van der Waals surface area contributed by atoms with Gasteiger partial charge in [-0.2, -0.15) is 0 Å². The van der Waals surface area contributed by atoms with Crippen molar-refractivity contribution in [1.29, 1.82) is 0 Å². The van der Waals surface area contributed by atoms with Crippen LogP contribution in [0.3, 0.4) is 0 Å². The second kappa shape index (κ2) is 6.89. The summed E-state index contributed by atoms with van der Waals surface area (Å²) in [6, 6.07) is 5.01. The number of carbonyl (C=O) groups is 2. The summed E-state index contributed by atoms with van der Waals surface area (Å²) < 4.78 is 0. The van der Waals surface area contributed by atoms with Gasteiger partial charge < -0.3 is 10.4 Å². The number of thiazole rings is 1. The number of hydrogen-bond donors (Lipinski definition) is 2. The highest BCUT2D eigenvalue weighted by Gasteiger charge is 2.13. The van der Waals surface area contributed by atoms with Crippen molar-refractivity contribution in [3.63, 3.8) is 0 Å². The lowest BCUT2D eigenvalue weighted by Crippen LogP contribution is -2.15. The molecule has 0 saturated heterocycles. The average molecular weight is 345 g/mol. The Morgan fingerprint density at radius 1 is 1.24 bits per heavy atom. The number of benzene rings is 1. The number of aliphatic carboxylic acids is 1. The minimum absolute atomic E-state index is 0.0202. The van der Waals surface area contributed by atoms with Crippen molar-refractivity contribution >= 4 is 51.5 Å². The number of nitrogens with zero attached hydrogens (tertiary/aromatic N) is 1. The van der Waals surface area contributed by atoms with Gasteiger partial charge in [0.1, 0.15) is 0 Å². The molecule has 2 aromatic rings. The monoisotopic (exact) mass is 344 g/mol. The van der Waals surface area contributed by atoms with Gasteiger partial charge in [0.2, 0.25) is 5.91 Å². The normalized spacial score (nSPS) is 10.4. The van der Waals surface area contributed by atoms with Crippen LogP contribution in [-0.2, 0) is 22.4 Å². The third-order valence-corrected chi connectivity index (χ3v) is 4.04.